The van der Waals surface area contributed by atoms with Gasteiger partial charge in [0.25, 0.3) is 0 Å². The first kappa shape index (κ1) is 13.4. The fraction of sp³-hybridized carbons (Fsp3) is 0.462. The number of nitrogens with two attached hydrogens (primary N) is 1. The van der Waals surface area contributed by atoms with Crippen molar-refractivity contribution in [3.63, 3.8) is 0 Å². The molecule has 1 rings (SSSR count). The Balaban J connectivity index is 3.04. The van der Waals surface area contributed by atoms with Crippen LogP contribution in [0.1, 0.15) is 34.1 Å². The lowest BCUT2D eigenvalue weighted by molar-refractivity contribution is -0.134. The molecule has 0 fully saturated rings. The third-order valence-electron chi connectivity index (χ3n) is 1.93. The van der Waals surface area contributed by atoms with E-state index in [4.69, 9.17) is 15.2 Å². The lowest BCUT2D eigenvalue weighted by Crippen LogP contribution is -2.23. The molecule has 0 atom stereocenters. The molecule has 0 bridgehead atoms. The minimum atomic E-state index is -0.374. The lowest BCUT2D eigenvalue weighted by atomic mass is 10.2. The number of para-hydroxylation sites is 1. The summed E-state index contributed by atoms with van der Waals surface area (Å²) >= 11 is 0. The molecule has 1 aromatic rings. The predicted molar refractivity (Wildman–Crippen MR) is 67.2 cm³/mol. The number of rotatable bonds is 3. The summed E-state index contributed by atoms with van der Waals surface area (Å²) in [7, 11) is 0. The molecule has 0 radical (unpaired) electrons. The number of anilines is 1. The molecule has 0 heterocycles. The largest absolute Gasteiger partial charge is 0.484 e. The topological polar surface area (TPSA) is 61.5 Å². The number of ether oxygens (including phenoxy) is 2. The molecule has 0 amide bonds. The van der Waals surface area contributed by atoms with Crippen LogP contribution in [0.3, 0.4) is 0 Å². The Bertz CT molecular complexity index is 408. The molecule has 0 aliphatic rings. The van der Waals surface area contributed by atoms with Gasteiger partial charge in [0.2, 0.25) is 0 Å². The van der Waals surface area contributed by atoms with E-state index >= 15 is 0 Å². The van der Waals surface area contributed by atoms with Crippen LogP contribution in [-0.2, 0) is 4.79 Å². The highest BCUT2D eigenvalue weighted by atomic mass is 16.6. The van der Waals surface area contributed by atoms with Crippen LogP contribution in [0.4, 0.5) is 5.69 Å². The second-order valence-electron chi connectivity index (χ2n) is 4.72. The van der Waals surface area contributed by atoms with Gasteiger partial charge in [-0.05, 0) is 32.9 Å². The van der Waals surface area contributed by atoms with Crippen molar-refractivity contribution in [1.82, 2.24) is 0 Å². The predicted octanol–water partition coefficient (Wildman–Crippen LogP) is 2.76. The van der Waals surface area contributed by atoms with Crippen LogP contribution < -0.4 is 15.2 Å². The van der Waals surface area contributed by atoms with E-state index in [2.05, 4.69) is 0 Å². The summed E-state index contributed by atoms with van der Waals surface area (Å²) in [6.07, 6.45) is 0.295. The maximum atomic E-state index is 11.3. The standard InChI is InChI=1S/C13H19NO3/c1-5-11(15)16-12-9(14)7-6-8-10(12)17-13(2,3)4/h6-8H,5,14H2,1-4H3. The zero-order chi connectivity index (χ0) is 13.1. The molecule has 0 aliphatic heterocycles. The Labute approximate surface area is 102 Å². The molecule has 2 N–H and O–H groups in total. The van der Waals surface area contributed by atoms with Gasteiger partial charge in [-0.1, -0.05) is 13.0 Å². The smallest absolute Gasteiger partial charge is 0.311 e. The van der Waals surface area contributed by atoms with Gasteiger partial charge in [0.15, 0.2) is 11.5 Å². The van der Waals surface area contributed by atoms with E-state index in [-0.39, 0.29) is 11.6 Å². The van der Waals surface area contributed by atoms with Crippen LogP contribution in [0.5, 0.6) is 11.5 Å². The Kier molecular flexibility index (Phi) is 3.99. The van der Waals surface area contributed by atoms with E-state index in [1.54, 1.807) is 25.1 Å². The molecule has 0 saturated carbocycles. The number of hydrogen-bond donors (Lipinski definition) is 1. The summed E-state index contributed by atoms with van der Waals surface area (Å²) in [5.41, 5.74) is 5.81. The van der Waals surface area contributed by atoms with Crippen LogP contribution in [0.25, 0.3) is 0 Å². The maximum absolute atomic E-state index is 11.3. The normalized spacial score (nSPS) is 11.1. The van der Waals surface area contributed by atoms with Gasteiger partial charge >= 0.3 is 5.97 Å². The second-order valence-corrected chi connectivity index (χ2v) is 4.72. The van der Waals surface area contributed by atoms with E-state index in [0.29, 0.717) is 23.6 Å². The third-order valence-corrected chi connectivity index (χ3v) is 1.93. The van der Waals surface area contributed by atoms with Gasteiger partial charge in [-0.3, -0.25) is 4.79 Å². The van der Waals surface area contributed by atoms with Crippen LogP contribution in [0.15, 0.2) is 18.2 Å². The van der Waals surface area contributed by atoms with E-state index in [0.717, 1.165) is 0 Å². The average Bonchev–Trinajstić information content (AvgIpc) is 2.20. The van der Waals surface area contributed by atoms with Crippen molar-refractivity contribution in [3.8, 4) is 11.5 Å². The molecule has 0 unspecified atom stereocenters. The number of carbonyl (C=O) groups excluding carboxylic acids is 1. The number of carbonyl (C=O) groups is 1. The first-order valence-corrected chi connectivity index (χ1v) is 5.61. The van der Waals surface area contributed by atoms with Gasteiger partial charge in [0.1, 0.15) is 5.60 Å². The number of benzene rings is 1. The molecule has 94 valence electrons. The van der Waals surface area contributed by atoms with Crippen LogP contribution in [0, 0.1) is 0 Å². The highest BCUT2D eigenvalue weighted by molar-refractivity contribution is 5.76. The van der Waals surface area contributed by atoms with Crippen LogP contribution >= 0.6 is 0 Å². The average molecular weight is 237 g/mol. The fourth-order valence-corrected chi connectivity index (χ4v) is 1.24. The van der Waals surface area contributed by atoms with Crippen molar-refractivity contribution in [1.29, 1.82) is 0 Å². The zero-order valence-electron chi connectivity index (χ0n) is 10.7. The van der Waals surface area contributed by atoms with E-state index < -0.39 is 0 Å². The summed E-state index contributed by atoms with van der Waals surface area (Å²) in [4.78, 5) is 11.3. The van der Waals surface area contributed by atoms with Gasteiger partial charge in [-0.15, -0.1) is 0 Å². The first-order valence-electron chi connectivity index (χ1n) is 5.61. The minimum Gasteiger partial charge on any atom is -0.484 e. The molecule has 4 heteroatoms. The lowest BCUT2D eigenvalue weighted by Gasteiger charge is -2.23. The second kappa shape index (κ2) is 5.08. The summed E-state index contributed by atoms with van der Waals surface area (Å²) in [6.45, 7) is 7.48. The highest BCUT2D eigenvalue weighted by Crippen LogP contribution is 2.35. The maximum Gasteiger partial charge on any atom is 0.311 e. The molecule has 1 aromatic carbocycles. The molecule has 0 aliphatic carbocycles. The van der Waals surface area contributed by atoms with Crippen molar-refractivity contribution in [2.75, 3.05) is 5.73 Å². The summed E-state index contributed by atoms with van der Waals surface area (Å²) < 4.78 is 10.9. The van der Waals surface area contributed by atoms with Gasteiger partial charge in [-0.2, -0.15) is 0 Å². The first-order chi connectivity index (χ1) is 7.83. The Morgan fingerprint density at radius 1 is 1.35 bits per heavy atom. The van der Waals surface area contributed by atoms with Crippen LogP contribution in [-0.4, -0.2) is 11.6 Å². The SMILES string of the molecule is CCC(=O)Oc1c(N)cccc1OC(C)(C)C. The highest BCUT2D eigenvalue weighted by Gasteiger charge is 2.18. The monoisotopic (exact) mass is 237 g/mol. The van der Waals surface area contributed by atoms with Gasteiger partial charge in [0, 0.05) is 6.42 Å². The number of hydrogen-bond acceptors (Lipinski definition) is 4. The zero-order valence-corrected chi connectivity index (χ0v) is 10.7. The molecular formula is C13H19NO3. The molecule has 4 nitrogen and oxygen atoms in total. The van der Waals surface area contributed by atoms with Gasteiger partial charge < -0.3 is 15.2 Å². The molecule has 0 saturated heterocycles. The molecule has 17 heavy (non-hydrogen) atoms. The fourth-order valence-electron chi connectivity index (χ4n) is 1.24. The van der Waals surface area contributed by atoms with Crippen molar-refractivity contribution < 1.29 is 14.3 Å². The van der Waals surface area contributed by atoms with E-state index in [1.807, 2.05) is 20.8 Å². The Morgan fingerprint density at radius 2 is 2.00 bits per heavy atom. The number of esters is 1. The number of nitrogen functional groups attached to an aromatic ring is 1. The Morgan fingerprint density at radius 3 is 2.53 bits per heavy atom. The van der Waals surface area contributed by atoms with Crippen molar-refractivity contribution >= 4 is 11.7 Å². The minimum absolute atomic E-state index is 0.295. The summed E-state index contributed by atoms with van der Waals surface area (Å²) in [5.74, 6) is 0.454. The van der Waals surface area contributed by atoms with Gasteiger partial charge in [-0.25, -0.2) is 0 Å². The summed E-state index contributed by atoms with van der Waals surface area (Å²) in [6, 6.07) is 5.17. The van der Waals surface area contributed by atoms with Crippen molar-refractivity contribution in [3.05, 3.63) is 18.2 Å². The molecule has 0 spiro atoms. The quantitative estimate of drug-likeness (QED) is 0.499. The molecule has 0 aromatic heterocycles. The van der Waals surface area contributed by atoms with E-state index in [1.165, 1.54) is 0 Å². The van der Waals surface area contributed by atoms with Crippen molar-refractivity contribution in [2.24, 2.45) is 0 Å². The summed E-state index contributed by atoms with van der Waals surface area (Å²) in [5, 5.41) is 0. The van der Waals surface area contributed by atoms with Gasteiger partial charge in [0.05, 0.1) is 5.69 Å². The van der Waals surface area contributed by atoms with Crippen LogP contribution in [0.2, 0.25) is 0 Å². The Hall–Kier alpha value is -1.71. The molecular weight excluding hydrogens is 218 g/mol. The van der Waals surface area contributed by atoms with E-state index in [9.17, 15) is 4.79 Å². The third kappa shape index (κ3) is 3.98. The van der Waals surface area contributed by atoms with Crippen molar-refractivity contribution in [2.45, 2.75) is 39.7 Å².